The number of nitrogens with one attached hydrogen (secondary N) is 1. The Morgan fingerprint density at radius 3 is 2.48 bits per heavy atom. The molecule has 0 aliphatic carbocycles. The van der Waals surface area contributed by atoms with Crippen molar-refractivity contribution in [2.45, 2.75) is 4.90 Å². The largest absolute Gasteiger partial charge is 0.495 e. The van der Waals surface area contributed by atoms with E-state index < -0.39 is 20.9 Å². The number of nitro benzene ring substituents is 1. The molecule has 0 heterocycles. The summed E-state index contributed by atoms with van der Waals surface area (Å²) in [6, 6.07) is 8.64. The Morgan fingerprint density at radius 2 is 1.88 bits per heavy atom. The van der Waals surface area contributed by atoms with Gasteiger partial charge in [-0.2, -0.15) is 0 Å². The van der Waals surface area contributed by atoms with Crippen molar-refractivity contribution in [2.75, 3.05) is 18.9 Å². The normalized spacial score (nSPS) is 10.8. The zero-order chi connectivity index (χ0) is 18.6. The van der Waals surface area contributed by atoms with Crippen molar-refractivity contribution in [1.29, 1.82) is 0 Å². The third-order valence-electron chi connectivity index (χ3n) is 3.20. The average molecular weight is 366 g/mol. The van der Waals surface area contributed by atoms with Gasteiger partial charge in [-0.25, -0.2) is 13.2 Å². The van der Waals surface area contributed by atoms with E-state index in [-0.39, 0.29) is 27.6 Å². The zero-order valence-corrected chi connectivity index (χ0v) is 14.1. The van der Waals surface area contributed by atoms with E-state index in [1.807, 2.05) is 0 Å². The topological polar surface area (TPSA) is 125 Å². The number of anilines is 1. The monoisotopic (exact) mass is 366 g/mol. The van der Waals surface area contributed by atoms with E-state index in [0.29, 0.717) is 0 Å². The fourth-order valence-electron chi connectivity index (χ4n) is 2.00. The highest BCUT2D eigenvalue weighted by molar-refractivity contribution is 7.92. The molecule has 0 unspecified atom stereocenters. The summed E-state index contributed by atoms with van der Waals surface area (Å²) in [6.07, 6.45) is 0. The summed E-state index contributed by atoms with van der Waals surface area (Å²) in [4.78, 5) is 21.4. The Labute approximate surface area is 143 Å². The van der Waals surface area contributed by atoms with Gasteiger partial charge in [0.25, 0.3) is 15.7 Å². The fraction of sp³-hybridized carbons (Fsp3) is 0.133. The van der Waals surface area contributed by atoms with Crippen LogP contribution >= 0.6 is 0 Å². The van der Waals surface area contributed by atoms with Crippen molar-refractivity contribution in [2.24, 2.45) is 0 Å². The van der Waals surface area contributed by atoms with Gasteiger partial charge in [0.1, 0.15) is 5.75 Å². The van der Waals surface area contributed by atoms with Gasteiger partial charge < -0.3 is 9.47 Å². The molecule has 0 aliphatic rings. The minimum absolute atomic E-state index is 0.00286. The van der Waals surface area contributed by atoms with Crippen LogP contribution in [0.15, 0.2) is 47.4 Å². The summed E-state index contributed by atoms with van der Waals surface area (Å²) in [5.74, 6) is -0.486. The molecule has 0 atom stereocenters. The average Bonchev–Trinajstić information content (AvgIpc) is 2.60. The minimum Gasteiger partial charge on any atom is -0.495 e. The van der Waals surface area contributed by atoms with Gasteiger partial charge in [-0.3, -0.25) is 14.8 Å². The molecule has 9 nitrogen and oxygen atoms in total. The maximum Gasteiger partial charge on any atom is 0.337 e. The van der Waals surface area contributed by atoms with Crippen molar-refractivity contribution >= 4 is 27.4 Å². The van der Waals surface area contributed by atoms with Crippen LogP contribution in [0.5, 0.6) is 5.75 Å². The van der Waals surface area contributed by atoms with E-state index in [4.69, 9.17) is 4.74 Å². The maximum absolute atomic E-state index is 12.5. The van der Waals surface area contributed by atoms with Crippen LogP contribution in [-0.4, -0.2) is 33.5 Å². The van der Waals surface area contributed by atoms with Crippen LogP contribution in [0.25, 0.3) is 0 Å². The number of nitro groups is 1. The van der Waals surface area contributed by atoms with Crippen LogP contribution in [0.4, 0.5) is 11.4 Å². The molecule has 25 heavy (non-hydrogen) atoms. The molecule has 0 spiro atoms. The molecule has 2 rings (SSSR count). The van der Waals surface area contributed by atoms with Crippen molar-refractivity contribution in [3.63, 3.8) is 0 Å². The number of esters is 1. The Hall–Kier alpha value is -3.14. The summed E-state index contributed by atoms with van der Waals surface area (Å²) in [7, 11) is -1.61. The summed E-state index contributed by atoms with van der Waals surface area (Å²) >= 11 is 0. The molecule has 2 aromatic rings. The first-order valence-electron chi connectivity index (χ1n) is 6.82. The number of methoxy groups -OCH3 is 2. The standard InChI is InChI=1S/C15H14N2O7S/c1-23-14-7-6-10(15(18)24-2)8-13(14)16-25(21,22)12-5-3-4-11(9-12)17(19)20/h3-9,16H,1-2H3. The van der Waals surface area contributed by atoms with Crippen molar-refractivity contribution in [1.82, 2.24) is 0 Å². The molecule has 2 aromatic carbocycles. The first-order chi connectivity index (χ1) is 11.8. The Balaban J connectivity index is 2.45. The number of ether oxygens (including phenoxy) is 2. The summed E-state index contributed by atoms with van der Waals surface area (Å²) < 4.78 is 36.9. The van der Waals surface area contributed by atoms with Gasteiger partial charge in [-0.15, -0.1) is 0 Å². The molecule has 0 bridgehead atoms. The van der Waals surface area contributed by atoms with Crippen LogP contribution in [0.3, 0.4) is 0 Å². The van der Waals surface area contributed by atoms with E-state index in [0.717, 1.165) is 6.07 Å². The summed E-state index contributed by atoms with van der Waals surface area (Å²) in [5.41, 5.74) is -0.255. The Morgan fingerprint density at radius 1 is 1.16 bits per heavy atom. The van der Waals surface area contributed by atoms with Crippen molar-refractivity contribution < 1.29 is 27.6 Å². The summed E-state index contributed by atoms with van der Waals surface area (Å²) in [5, 5.41) is 10.8. The van der Waals surface area contributed by atoms with E-state index in [1.54, 1.807) is 0 Å². The van der Waals surface area contributed by atoms with Crippen LogP contribution in [0.2, 0.25) is 0 Å². The van der Waals surface area contributed by atoms with E-state index >= 15 is 0 Å². The molecule has 0 saturated carbocycles. The molecule has 10 heteroatoms. The highest BCUT2D eigenvalue weighted by Gasteiger charge is 2.20. The molecular weight excluding hydrogens is 352 g/mol. The molecule has 0 aliphatic heterocycles. The molecule has 0 fully saturated rings. The highest BCUT2D eigenvalue weighted by Crippen LogP contribution is 2.29. The molecule has 0 amide bonds. The quantitative estimate of drug-likeness (QED) is 0.472. The van der Waals surface area contributed by atoms with Gasteiger partial charge in [0.05, 0.1) is 35.3 Å². The van der Waals surface area contributed by atoms with Crippen molar-refractivity contribution in [3.05, 3.63) is 58.1 Å². The summed E-state index contributed by atoms with van der Waals surface area (Å²) in [6.45, 7) is 0. The molecule has 0 saturated heterocycles. The number of non-ortho nitro benzene ring substituents is 1. The lowest BCUT2D eigenvalue weighted by atomic mass is 10.2. The first kappa shape index (κ1) is 18.2. The second-order valence-electron chi connectivity index (χ2n) is 4.77. The SMILES string of the molecule is COC(=O)c1ccc(OC)c(NS(=O)(=O)c2cccc([N+](=O)[O-])c2)c1. The Kier molecular flexibility index (Phi) is 5.22. The molecule has 0 aromatic heterocycles. The lowest BCUT2D eigenvalue weighted by Gasteiger charge is -2.13. The third-order valence-corrected chi connectivity index (χ3v) is 4.57. The molecule has 132 valence electrons. The fourth-order valence-corrected chi connectivity index (χ4v) is 3.10. The lowest BCUT2D eigenvalue weighted by Crippen LogP contribution is -2.14. The lowest BCUT2D eigenvalue weighted by molar-refractivity contribution is -0.385. The van der Waals surface area contributed by atoms with Gasteiger partial charge in [0.2, 0.25) is 0 Å². The second-order valence-corrected chi connectivity index (χ2v) is 6.45. The van der Waals surface area contributed by atoms with Crippen LogP contribution in [0, 0.1) is 10.1 Å². The minimum atomic E-state index is -4.14. The highest BCUT2D eigenvalue weighted by atomic mass is 32.2. The van der Waals surface area contributed by atoms with Crippen molar-refractivity contribution in [3.8, 4) is 5.75 Å². The number of rotatable bonds is 6. The van der Waals surface area contributed by atoms with Crippen LogP contribution in [-0.2, 0) is 14.8 Å². The number of hydrogen-bond donors (Lipinski definition) is 1. The number of carbonyl (C=O) groups is 1. The zero-order valence-electron chi connectivity index (χ0n) is 13.3. The van der Waals surface area contributed by atoms with E-state index in [2.05, 4.69) is 9.46 Å². The van der Waals surface area contributed by atoms with Crippen LogP contribution in [0.1, 0.15) is 10.4 Å². The van der Waals surface area contributed by atoms with Gasteiger partial charge >= 0.3 is 5.97 Å². The predicted octanol–water partition coefficient (Wildman–Crippen LogP) is 2.19. The Bertz CT molecular complexity index is 925. The van der Waals surface area contributed by atoms with Crippen LogP contribution < -0.4 is 9.46 Å². The molecular formula is C15H14N2O7S. The van der Waals surface area contributed by atoms with Gasteiger partial charge in [-0.05, 0) is 24.3 Å². The van der Waals surface area contributed by atoms with Gasteiger partial charge in [-0.1, -0.05) is 6.07 Å². The number of hydrogen-bond acceptors (Lipinski definition) is 7. The second kappa shape index (κ2) is 7.18. The van der Waals surface area contributed by atoms with E-state index in [1.165, 1.54) is 50.6 Å². The number of benzene rings is 2. The van der Waals surface area contributed by atoms with Gasteiger partial charge in [0, 0.05) is 12.1 Å². The van der Waals surface area contributed by atoms with Gasteiger partial charge in [0.15, 0.2) is 0 Å². The number of sulfonamides is 1. The third kappa shape index (κ3) is 4.04. The molecule has 1 N–H and O–H groups in total. The van der Waals surface area contributed by atoms with E-state index in [9.17, 15) is 23.3 Å². The number of carbonyl (C=O) groups excluding carboxylic acids is 1. The molecule has 0 radical (unpaired) electrons. The smallest absolute Gasteiger partial charge is 0.337 e. The maximum atomic E-state index is 12.5. The predicted molar refractivity (Wildman–Crippen MR) is 88.2 cm³/mol. The first-order valence-corrected chi connectivity index (χ1v) is 8.30. The number of nitrogens with zero attached hydrogens (tertiary/aromatic N) is 1.